The van der Waals surface area contributed by atoms with Gasteiger partial charge in [0.05, 0.1) is 17.9 Å². The van der Waals surface area contributed by atoms with Crippen LogP contribution in [0.3, 0.4) is 0 Å². The lowest BCUT2D eigenvalue weighted by Crippen LogP contribution is -2.10. The predicted octanol–water partition coefficient (Wildman–Crippen LogP) is 3.87. The van der Waals surface area contributed by atoms with Crippen LogP contribution in [0.2, 0.25) is 0 Å². The first-order chi connectivity index (χ1) is 12.1. The molecule has 0 bridgehead atoms. The van der Waals surface area contributed by atoms with Crippen molar-refractivity contribution in [1.82, 2.24) is 0 Å². The number of carboxylic acid groups (broad SMARTS) is 1. The van der Waals surface area contributed by atoms with E-state index >= 15 is 0 Å². The number of carboxylic acids is 1. The molecule has 0 heterocycles. The summed E-state index contributed by atoms with van der Waals surface area (Å²) in [5.41, 5.74) is 0.963. The van der Waals surface area contributed by atoms with Crippen LogP contribution in [0.1, 0.15) is 15.9 Å². The third-order valence-corrected chi connectivity index (χ3v) is 5.10. The molecule has 1 atom stereocenters. The van der Waals surface area contributed by atoms with Gasteiger partial charge in [0.1, 0.15) is 5.75 Å². The van der Waals surface area contributed by atoms with Crippen LogP contribution in [0.5, 0.6) is 5.75 Å². The van der Waals surface area contributed by atoms with Crippen molar-refractivity contribution in [2.45, 2.75) is 5.75 Å². The van der Waals surface area contributed by atoms with E-state index in [-0.39, 0.29) is 5.56 Å². The SMILES string of the molecule is O=C(O)c1cccc(CS(=O)CCOc2cccc3ccccc23)c1. The van der Waals surface area contributed by atoms with Crippen LogP contribution in [0.25, 0.3) is 10.8 Å². The molecule has 0 aliphatic rings. The van der Waals surface area contributed by atoms with Gasteiger partial charge in [0.2, 0.25) is 0 Å². The molecule has 0 saturated carbocycles. The Hall–Kier alpha value is -2.66. The summed E-state index contributed by atoms with van der Waals surface area (Å²) in [6.45, 7) is 0.346. The van der Waals surface area contributed by atoms with Crippen LogP contribution < -0.4 is 4.74 Å². The molecule has 0 radical (unpaired) electrons. The number of rotatable bonds is 7. The Balaban J connectivity index is 1.57. The van der Waals surface area contributed by atoms with E-state index in [2.05, 4.69) is 0 Å². The standard InChI is InChI=1S/C20H18O4S/c21-20(22)17-8-3-5-15(13-17)14-25(23)12-11-24-19-10-4-7-16-6-1-2-9-18(16)19/h1-10,13H,11-12,14H2,(H,21,22). The zero-order valence-electron chi connectivity index (χ0n) is 13.6. The summed E-state index contributed by atoms with van der Waals surface area (Å²) < 4.78 is 18.0. The predicted molar refractivity (Wildman–Crippen MR) is 99.6 cm³/mol. The van der Waals surface area contributed by atoms with Crippen LogP contribution in [-0.2, 0) is 16.6 Å². The molecule has 1 N–H and O–H groups in total. The van der Waals surface area contributed by atoms with E-state index in [9.17, 15) is 9.00 Å². The zero-order valence-corrected chi connectivity index (χ0v) is 14.4. The fourth-order valence-corrected chi connectivity index (χ4v) is 3.58. The van der Waals surface area contributed by atoms with E-state index in [1.165, 1.54) is 6.07 Å². The highest BCUT2D eigenvalue weighted by Crippen LogP contribution is 2.25. The van der Waals surface area contributed by atoms with Gasteiger partial charge >= 0.3 is 5.97 Å². The number of benzene rings is 3. The lowest BCUT2D eigenvalue weighted by Gasteiger charge is -2.09. The van der Waals surface area contributed by atoms with Gasteiger partial charge in [0.15, 0.2) is 0 Å². The van der Waals surface area contributed by atoms with Gasteiger partial charge < -0.3 is 9.84 Å². The smallest absolute Gasteiger partial charge is 0.335 e. The van der Waals surface area contributed by atoms with E-state index in [1.807, 2.05) is 42.5 Å². The third-order valence-electron chi connectivity index (χ3n) is 3.82. The van der Waals surface area contributed by atoms with Crippen molar-refractivity contribution in [1.29, 1.82) is 0 Å². The number of ether oxygens (including phenoxy) is 1. The number of hydrogen-bond acceptors (Lipinski definition) is 3. The second-order valence-corrected chi connectivity index (χ2v) is 7.20. The van der Waals surface area contributed by atoms with Gasteiger partial charge in [-0.15, -0.1) is 0 Å². The molecule has 3 aromatic rings. The first kappa shape index (κ1) is 17.2. The van der Waals surface area contributed by atoms with E-state index in [0.717, 1.165) is 22.1 Å². The quantitative estimate of drug-likeness (QED) is 0.700. The maximum atomic E-state index is 12.2. The molecule has 1 unspecified atom stereocenters. The van der Waals surface area contributed by atoms with E-state index in [4.69, 9.17) is 9.84 Å². The molecular weight excluding hydrogens is 336 g/mol. The van der Waals surface area contributed by atoms with Gasteiger partial charge in [0.25, 0.3) is 0 Å². The largest absolute Gasteiger partial charge is 0.492 e. The van der Waals surface area contributed by atoms with Crippen LogP contribution >= 0.6 is 0 Å². The Bertz CT molecular complexity index is 915. The van der Waals surface area contributed by atoms with Crippen molar-refractivity contribution in [3.05, 3.63) is 77.9 Å². The van der Waals surface area contributed by atoms with Crippen molar-refractivity contribution < 1.29 is 18.8 Å². The third kappa shape index (κ3) is 4.45. The van der Waals surface area contributed by atoms with E-state index in [0.29, 0.717) is 18.1 Å². The molecule has 5 heteroatoms. The van der Waals surface area contributed by atoms with Gasteiger partial charge in [-0.2, -0.15) is 0 Å². The highest BCUT2D eigenvalue weighted by atomic mass is 32.2. The van der Waals surface area contributed by atoms with Crippen molar-refractivity contribution >= 4 is 27.5 Å². The maximum absolute atomic E-state index is 12.2. The molecule has 128 valence electrons. The van der Waals surface area contributed by atoms with E-state index < -0.39 is 16.8 Å². The average Bonchev–Trinajstić information content (AvgIpc) is 2.62. The minimum atomic E-state index is -1.12. The van der Waals surface area contributed by atoms with Gasteiger partial charge in [-0.1, -0.05) is 48.5 Å². The second kappa shape index (κ2) is 7.94. The molecule has 3 rings (SSSR count). The molecule has 0 aromatic heterocycles. The molecule has 4 nitrogen and oxygen atoms in total. The lowest BCUT2D eigenvalue weighted by molar-refractivity contribution is 0.0696. The number of fused-ring (bicyclic) bond motifs is 1. The second-order valence-electron chi connectivity index (χ2n) is 5.62. The van der Waals surface area contributed by atoms with Crippen molar-refractivity contribution in [2.24, 2.45) is 0 Å². The summed E-state index contributed by atoms with van der Waals surface area (Å²) >= 11 is 0. The molecule has 0 spiro atoms. The van der Waals surface area contributed by atoms with Crippen molar-refractivity contribution in [2.75, 3.05) is 12.4 Å². The highest BCUT2D eigenvalue weighted by molar-refractivity contribution is 7.84. The molecule has 0 aliphatic carbocycles. The Morgan fingerprint density at radius 2 is 1.76 bits per heavy atom. The zero-order chi connectivity index (χ0) is 17.6. The minimum absolute atomic E-state index is 0.210. The number of aromatic carboxylic acids is 1. The number of carbonyl (C=O) groups is 1. The Morgan fingerprint density at radius 1 is 1.00 bits per heavy atom. The molecule has 0 aliphatic heterocycles. The minimum Gasteiger partial charge on any atom is -0.492 e. The summed E-state index contributed by atoms with van der Waals surface area (Å²) in [5.74, 6) is 0.510. The Labute approximate surface area is 148 Å². The van der Waals surface area contributed by atoms with E-state index in [1.54, 1.807) is 18.2 Å². The Kier molecular flexibility index (Phi) is 5.46. The molecular formula is C20H18O4S. The van der Waals surface area contributed by atoms with Crippen molar-refractivity contribution in [3.63, 3.8) is 0 Å². The van der Waals surface area contributed by atoms with Crippen LogP contribution in [0, 0.1) is 0 Å². The number of hydrogen-bond donors (Lipinski definition) is 1. The summed E-state index contributed by atoms with van der Waals surface area (Å²) in [4.78, 5) is 11.0. The molecule has 0 fully saturated rings. The van der Waals surface area contributed by atoms with Crippen LogP contribution in [-0.4, -0.2) is 27.6 Å². The fourth-order valence-electron chi connectivity index (χ4n) is 2.62. The first-order valence-corrected chi connectivity index (χ1v) is 9.40. The van der Waals surface area contributed by atoms with Crippen LogP contribution in [0.15, 0.2) is 66.7 Å². The fraction of sp³-hybridized carbons (Fsp3) is 0.150. The molecule has 25 heavy (non-hydrogen) atoms. The molecule has 0 amide bonds. The monoisotopic (exact) mass is 354 g/mol. The maximum Gasteiger partial charge on any atom is 0.335 e. The van der Waals surface area contributed by atoms with Gasteiger partial charge in [-0.05, 0) is 29.1 Å². The lowest BCUT2D eigenvalue weighted by atomic mass is 10.1. The summed E-state index contributed by atoms with van der Waals surface area (Å²) in [5, 5.41) is 11.1. The normalized spacial score (nSPS) is 12.0. The molecule has 3 aromatic carbocycles. The van der Waals surface area contributed by atoms with Gasteiger partial charge in [-0.25, -0.2) is 4.79 Å². The van der Waals surface area contributed by atoms with Crippen molar-refractivity contribution in [3.8, 4) is 5.75 Å². The van der Waals surface area contributed by atoms with Crippen LogP contribution in [0.4, 0.5) is 0 Å². The topological polar surface area (TPSA) is 63.6 Å². The summed E-state index contributed by atoms with van der Waals surface area (Å²) in [7, 11) is -1.12. The van der Waals surface area contributed by atoms with Gasteiger partial charge in [0, 0.05) is 21.9 Å². The Morgan fingerprint density at radius 3 is 2.60 bits per heavy atom. The highest BCUT2D eigenvalue weighted by Gasteiger charge is 2.07. The molecule has 0 saturated heterocycles. The first-order valence-electron chi connectivity index (χ1n) is 7.91. The average molecular weight is 354 g/mol. The summed E-state index contributed by atoms with van der Waals surface area (Å²) in [6.07, 6.45) is 0. The van der Waals surface area contributed by atoms with Gasteiger partial charge in [-0.3, -0.25) is 4.21 Å². The summed E-state index contributed by atoms with van der Waals surface area (Å²) in [6, 6.07) is 20.4.